The Bertz CT molecular complexity index is 1120. The first kappa shape index (κ1) is 24.5. The zero-order valence-corrected chi connectivity index (χ0v) is 19.5. The fourth-order valence-corrected chi connectivity index (χ4v) is 5.36. The lowest BCUT2D eigenvalue weighted by atomic mass is 10.2. The fraction of sp³-hybridized carbons (Fsp3) is 0.391. The Morgan fingerprint density at radius 1 is 1.06 bits per heavy atom. The molecule has 1 saturated heterocycles. The van der Waals surface area contributed by atoms with Gasteiger partial charge in [0.15, 0.2) is 6.61 Å². The Morgan fingerprint density at radius 2 is 1.76 bits per heavy atom. The van der Waals surface area contributed by atoms with Crippen LogP contribution in [0.4, 0.5) is 5.69 Å². The van der Waals surface area contributed by atoms with Crippen LogP contribution in [-0.4, -0.2) is 56.5 Å². The van der Waals surface area contributed by atoms with E-state index in [0.717, 1.165) is 25.7 Å². The molecule has 2 aromatic rings. The first-order chi connectivity index (χ1) is 15.7. The Kier molecular flexibility index (Phi) is 7.93. The second kappa shape index (κ2) is 10.7. The van der Waals surface area contributed by atoms with E-state index in [2.05, 4.69) is 5.32 Å². The van der Waals surface area contributed by atoms with E-state index in [-0.39, 0.29) is 21.9 Å². The van der Waals surface area contributed by atoms with Gasteiger partial charge in [-0.05, 0) is 55.7 Å². The molecule has 2 N–H and O–H groups in total. The van der Waals surface area contributed by atoms with Crippen LogP contribution in [0.3, 0.4) is 0 Å². The number of phenols is 1. The first-order valence-electron chi connectivity index (χ1n) is 10.7. The molecule has 0 aliphatic carbocycles. The minimum absolute atomic E-state index is 0.136. The van der Waals surface area contributed by atoms with Gasteiger partial charge in [0.25, 0.3) is 5.91 Å². The van der Waals surface area contributed by atoms with Gasteiger partial charge in [0, 0.05) is 18.8 Å². The number of ether oxygens (including phenoxy) is 2. The van der Waals surface area contributed by atoms with E-state index in [1.807, 2.05) is 0 Å². The van der Waals surface area contributed by atoms with Crippen LogP contribution in [0.2, 0.25) is 0 Å². The van der Waals surface area contributed by atoms with Crippen molar-refractivity contribution in [3.8, 4) is 11.5 Å². The van der Waals surface area contributed by atoms with Crippen LogP contribution in [0.15, 0.2) is 41.3 Å². The topological polar surface area (TPSA) is 122 Å². The van der Waals surface area contributed by atoms with Crippen molar-refractivity contribution >= 4 is 27.6 Å². The number of aromatic hydroxyl groups is 1. The van der Waals surface area contributed by atoms with E-state index >= 15 is 0 Å². The van der Waals surface area contributed by atoms with Gasteiger partial charge in [-0.25, -0.2) is 13.2 Å². The smallest absolute Gasteiger partial charge is 0.342 e. The highest BCUT2D eigenvalue weighted by Gasteiger charge is 2.27. The number of carbonyl (C=O) groups is 2. The molecule has 1 amide bonds. The van der Waals surface area contributed by atoms with Crippen molar-refractivity contribution in [3.05, 3.63) is 47.5 Å². The quantitative estimate of drug-likeness (QED) is 0.589. The largest absolute Gasteiger partial charge is 0.507 e. The van der Waals surface area contributed by atoms with Gasteiger partial charge >= 0.3 is 5.97 Å². The van der Waals surface area contributed by atoms with Crippen molar-refractivity contribution < 1.29 is 32.6 Å². The van der Waals surface area contributed by atoms with Crippen LogP contribution >= 0.6 is 0 Å². The van der Waals surface area contributed by atoms with Gasteiger partial charge in [0.2, 0.25) is 10.0 Å². The van der Waals surface area contributed by atoms with Gasteiger partial charge in [0.1, 0.15) is 17.1 Å². The van der Waals surface area contributed by atoms with Crippen molar-refractivity contribution in [2.24, 2.45) is 0 Å². The number of phenolic OH excluding ortho intramolecular Hbond substituents is 1. The summed E-state index contributed by atoms with van der Waals surface area (Å²) in [6, 6.07) is 8.70. The zero-order valence-electron chi connectivity index (χ0n) is 18.7. The Labute approximate surface area is 193 Å². The number of nitrogens with zero attached hydrogens (tertiary/aromatic N) is 1. The summed E-state index contributed by atoms with van der Waals surface area (Å²) in [5, 5.41) is 12.4. The van der Waals surface area contributed by atoms with Crippen LogP contribution in [0.5, 0.6) is 11.5 Å². The average Bonchev–Trinajstić information content (AvgIpc) is 3.09. The molecule has 10 heteroatoms. The van der Waals surface area contributed by atoms with Crippen LogP contribution in [0, 0.1) is 6.92 Å². The van der Waals surface area contributed by atoms with Crippen molar-refractivity contribution in [2.75, 3.05) is 32.1 Å². The van der Waals surface area contributed by atoms with Crippen molar-refractivity contribution in [3.63, 3.8) is 0 Å². The molecule has 178 valence electrons. The van der Waals surface area contributed by atoms with Crippen LogP contribution in [-0.2, 0) is 19.6 Å². The number of sulfonamides is 1. The third-order valence-corrected chi connectivity index (χ3v) is 7.45. The summed E-state index contributed by atoms with van der Waals surface area (Å²) in [6.45, 7) is 2.05. The van der Waals surface area contributed by atoms with Crippen LogP contribution in [0.1, 0.15) is 41.6 Å². The normalized spacial score (nSPS) is 14.8. The number of carbonyl (C=O) groups excluding carboxylic acids is 2. The second-order valence-corrected chi connectivity index (χ2v) is 9.71. The summed E-state index contributed by atoms with van der Waals surface area (Å²) in [4.78, 5) is 24.7. The third-order valence-electron chi connectivity index (χ3n) is 5.41. The van der Waals surface area contributed by atoms with Gasteiger partial charge < -0.3 is 19.9 Å². The zero-order chi connectivity index (χ0) is 24.0. The summed E-state index contributed by atoms with van der Waals surface area (Å²) in [5.41, 5.74) is 0.722. The summed E-state index contributed by atoms with van der Waals surface area (Å²) >= 11 is 0. The van der Waals surface area contributed by atoms with E-state index in [4.69, 9.17) is 9.47 Å². The van der Waals surface area contributed by atoms with Gasteiger partial charge in [-0.2, -0.15) is 4.31 Å². The molecule has 0 atom stereocenters. The monoisotopic (exact) mass is 476 g/mol. The predicted octanol–water partition coefficient (Wildman–Crippen LogP) is 3.07. The van der Waals surface area contributed by atoms with E-state index in [1.54, 1.807) is 19.1 Å². The highest BCUT2D eigenvalue weighted by molar-refractivity contribution is 7.89. The Morgan fingerprint density at radius 3 is 2.42 bits per heavy atom. The maximum Gasteiger partial charge on any atom is 0.342 e. The average molecular weight is 477 g/mol. The lowest BCUT2D eigenvalue weighted by molar-refractivity contribution is -0.119. The number of anilines is 1. The number of hydrogen-bond acceptors (Lipinski definition) is 7. The molecule has 33 heavy (non-hydrogen) atoms. The van der Waals surface area contributed by atoms with Gasteiger partial charge in [-0.3, -0.25) is 4.79 Å². The van der Waals surface area contributed by atoms with Crippen molar-refractivity contribution in [2.45, 2.75) is 37.5 Å². The van der Waals surface area contributed by atoms with E-state index in [0.29, 0.717) is 24.4 Å². The standard InChI is InChI=1S/C23H28N2O7S/c1-16-7-8-17(13-21(16)33(29,30)25-11-5-3-4-6-12-25)24-22(27)15-32-23(28)19-14-18(31-2)9-10-20(19)26/h7-10,13-14,26H,3-6,11-12,15H2,1-2H3,(H,24,27). The maximum absolute atomic E-state index is 13.2. The molecular weight excluding hydrogens is 448 g/mol. The van der Waals surface area contributed by atoms with Crippen LogP contribution < -0.4 is 10.1 Å². The Balaban J connectivity index is 1.67. The highest BCUT2D eigenvalue weighted by Crippen LogP contribution is 2.26. The number of aryl methyl sites for hydroxylation is 1. The molecule has 1 fully saturated rings. The Hall–Kier alpha value is -3.11. The van der Waals surface area contributed by atoms with Gasteiger partial charge in [-0.1, -0.05) is 18.9 Å². The van der Waals surface area contributed by atoms with Crippen LogP contribution in [0.25, 0.3) is 0 Å². The number of hydrogen-bond donors (Lipinski definition) is 2. The second-order valence-electron chi connectivity index (χ2n) is 7.81. The number of nitrogens with one attached hydrogen (secondary N) is 1. The minimum atomic E-state index is -3.69. The molecule has 0 bridgehead atoms. The molecule has 2 aromatic carbocycles. The molecule has 1 aliphatic rings. The lowest BCUT2D eigenvalue weighted by Crippen LogP contribution is -2.32. The number of rotatable bonds is 7. The molecule has 9 nitrogen and oxygen atoms in total. The number of methoxy groups -OCH3 is 1. The summed E-state index contributed by atoms with van der Waals surface area (Å²) in [7, 11) is -2.28. The molecule has 1 aliphatic heterocycles. The van der Waals surface area contributed by atoms with E-state index in [9.17, 15) is 23.1 Å². The number of amides is 1. The van der Waals surface area contributed by atoms with E-state index in [1.165, 1.54) is 35.7 Å². The molecular formula is C23H28N2O7S. The van der Waals surface area contributed by atoms with E-state index < -0.39 is 28.5 Å². The van der Waals surface area contributed by atoms with Gasteiger partial charge in [0.05, 0.1) is 12.0 Å². The summed E-state index contributed by atoms with van der Waals surface area (Å²) in [5.74, 6) is -1.49. The molecule has 0 saturated carbocycles. The molecule has 1 heterocycles. The first-order valence-corrected chi connectivity index (χ1v) is 12.1. The van der Waals surface area contributed by atoms with Gasteiger partial charge in [-0.15, -0.1) is 0 Å². The maximum atomic E-state index is 13.2. The number of esters is 1. The fourth-order valence-electron chi connectivity index (χ4n) is 3.59. The minimum Gasteiger partial charge on any atom is -0.507 e. The molecule has 0 aromatic heterocycles. The SMILES string of the molecule is COc1ccc(O)c(C(=O)OCC(=O)Nc2ccc(C)c(S(=O)(=O)N3CCCCCC3)c2)c1. The van der Waals surface area contributed by atoms with Crippen molar-refractivity contribution in [1.29, 1.82) is 0 Å². The molecule has 0 radical (unpaired) electrons. The predicted molar refractivity (Wildman–Crippen MR) is 122 cm³/mol. The highest BCUT2D eigenvalue weighted by atomic mass is 32.2. The molecule has 0 unspecified atom stereocenters. The lowest BCUT2D eigenvalue weighted by Gasteiger charge is -2.21. The molecule has 0 spiro atoms. The molecule has 3 rings (SSSR count). The third kappa shape index (κ3) is 6.02. The summed E-state index contributed by atoms with van der Waals surface area (Å²) < 4.78 is 37.8. The van der Waals surface area contributed by atoms with Crippen molar-refractivity contribution in [1.82, 2.24) is 4.31 Å². The summed E-state index contributed by atoms with van der Waals surface area (Å²) in [6.07, 6.45) is 3.66. The number of benzene rings is 2.